The summed E-state index contributed by atoms with van der Waals surface area (Å²) in [6.45, 7) is -0.134. The summed E-state index contributed by atoms with van der Waals surface area (Å²) in [7, 11) is -3.86. The van der Waals surface area contributed by atoms with E-state index in [0.717, 1.165) is 35.7 Å². The van der Waals surface area contributed by atoms with Gasteiger partial charge in [-0.15, -0.1) is 0 Å². The van der Waals surface area contributed by atoms with E-state index in [0.29, 0.717) is 5.02 Å². The third-order valence-corrected chi connectivity index (χ3v) is 8.10. The minimum atomic E-state index is -3.86. The van der Waals surface area contributed by atoms with Gasteiger partial charge < -0.3 is 5.32 Å². The Morgan fingerprint density at radius 2 is 1.55 bits per heavy atom. The molecule has 1 N–H and O–H groups in total. The highest BCUT2D eigenvalue weighted by molar-refractivity contribution is 9.10. The third kappa shape index (κ3) is 7.31. The van der Waals surface area contributed by atoms with Crippen LogP contribution < -0.4 is 5.32 Å². The molecule has 5 nitrogen and oxygen atoms in total. The minimum absolute atomic E-state index is 0.0909. The molecule has 0 unspecified atom stereocenters. The summed E-state index contributed by atoms with van der Waals surface area (Å²) in [6.07, 6.45) is 7.71. The van der Waals surface area contributed by atoms with Crippen molar-refractivity contribution in [1.29, 1.82) is 0 Å². The number of carbonyl (C=O) groups is 1. The molecule has 0 spiro atoms. The van der Waals surface area contributed by atoms with Crippen molar-refractivity contribution >= 4 is 43.5 Å². The number of benzene rings is 2. The van der Waals surface area contributed by atoms with E-state index in [1.54, 1.807) is 48.5 Å². The second-order valence-electron chi connectivity index (χ2n) is 7.96. The third-order valence-electron chi connectivity index (χ3n) is 5.51. The number of halogens is 2. The highest BCUT2D eigenvalue weighted by atomic mass is 79.9. The van der Waals surface area contributed by atoms with Gasteiger partial charge in [-0.3, -0.25) is 4.79 Å². The number of amides is 1. The van der Waals surface area contributed by atoms with E-state index in [4.69, 9.17) is 11.6 Å². The van der Waals surface area contributed by atoms with Crippen molar-refractivity contribution in [2.45, 2.75) is 62.4 Å². The molecular weight excluding hydrogens is 500 g/mol. The molecule has 168 valence electrons. The van der Waals surface area contributed by atoms with Gasteiger partial charge in [0.25, 0.3) is 0 Å². The van der Waals surface area contributed by atoms with Gasteiger partial charge in [-0.2, -0.15) is 4.31 Å². The maximum atomic E-state index is 13.3. The van der Waals surface area contributed by atoms with E-state index in [2.05, 4.69) is 21.2 Å². The molecule has 0 heterocycles. The lowest BCUT2D eigenvalue weighted by Gasteiger charge is -2.25. The monoisotopic (exact) mass is 526 g/mol. The first-order chi connectivity index (χ1) is 14.8. The van der Waals surface area contributed by atoms with E-state index in [1.165, 1.54) is 23.6 Å². The highest BCUT2D eigenvalue weighted by Crippen LogP contribution is 2.22. The molecular formula is C23H28BrClN2O3S. The number of rotatable bonds is 7. The van der Waals surface area contributed by atoms with Gasteiger partial charge in [-0.05, 0) is 54.8 Å². The maximum absolute atomic E-state index is 13.3. The number of nitrogens with zero attached hydrogens (tertiary/aromatic N) is 1. The van der Waals surface area contributed by atoms with Crippen LogP contribution in [-0.4, -0.2) is 31.2 Å². The molecule has 1 amide bonds. The van der Waals surface area contributed by atoms with Crippen molar-refractivity contribution in [3.05, 3.63) is 63.6 Å². The summed E-state index contributed by atoms with van der Waals surface area (Å²) in [5.41, 5.74) is 0.767. The Labute approximate surface area is 198 Å². The van der Waals surface area contributed by atoms with Gasteiger partial charge in [-0.25, -0.2) is 8.42 Å². The highest BCUT2D eigenvalue weighted by Gasteiger charge is 2.27. The zero-order chi connectivity index (χ0) is 22.3. The van der Waals surface area contributed by atoms with E-state index >= 15 is 0 Å². The number of hydrogen-bond donors (Lipinski definition) is 1. The first-order valence-corrected chi connectivity index (χ1v) is 13.3. The van der Waals surface area contributed by atoms with Crippen LogP contribution in [0.15, 0.2) is 57.9 Å². The molecule has 0 aliphatic heterocycles. The number of hydrogen-bond acceptors (Lipinski definition) is 3. The van der Waals surface area contributed by atoms with E-state index in [1.807, 2.05) is 0 Å². The fraction of sp³-hybridized carbons (Fsp3) is 0.435. The number of carbonyl (C=O) groups excluding carboxylic acids is 1. The summed E-state index contributed by atoms with van der Waals surface area (Å²) in [4.78, 5) is 13.0. The summed E-state index contributed by atoms with van der Waals surface area (Å²) < 4.78 is 28.7. The molecule has 0 aromatic heterocycles. The molecule has 31 heavy (non-hydrogen) atoms. The molecule has 0 radical (unpaired) electrons. The molecule has 2 aromatic carbocycles. The first-order valence-electron chi connectivity index (χ1n) is 10.6. The SMILES string of the molecule is O=C(CN(Cc1ccc(Cl)cc1)S(=O)(=O)c1ccc(Br)cc1)NC1CCCCCCC1. The molecule has 1 saturated carbocycles. The van der Waals surface area contributed by atoms with Gasteiger partial charge in [0.1, 0.15) is 0 Å². The van der Waals surface area contributed by atoms with Crippen LogP contribution in [0, 0.1) is 0 Å². The molecule has 3 rings (SSSR count). The fourth-order valence-electron chi connectivity index (χ4n) is 3.81. The molecule has 0 atom stereocenters. The van der Waals surface area contributed by atoms with Gasteiger partial charge >= 0.3 is 0 Å². The zero-order valence-corrected chi connectivity index (χ0v) is 20.6. The van der Waals surface area contributed by atoms with Crippen molar-refractivity contribution in [2.24, 2.45) is 0 Å². The lowest BCUT2D eigenvalue weighted by atomic mass is 9.97. The Balaban J connectivity index is 1.78. The Bertz CT molecular complexity index is 957. The molecule has 1 aliphatic rings. The molecule has 0 bridgehead atoms. The second-order valence-corrected chi connectivity index (χ2v) is 11.3. The topological polar surface area (TPSA) is 66.5 Å². The summed E-state index contributed by atoms with van der Waals surface area (Å²) >= 11 is 9.30. The van der Waals surface area contributed by atoms with Crippen molar-refractivity contribution in [2.75, 3.05) is 6.54 Å². The normalized spacial score (nSPS) is 16.0. The summed E-state index contributed by atoms with van der Waals surface area (Å²) in [5.74, 6) is -0.264. The zero-order valence-electron chi connectivity index (χ0n) is 17.4. The Morgan fingerprint density at radius 3 is 2.16 bits per heavy atom. The lowest BCUT2D eigenvalue weighted by molar-refractivity contribution is -0.122. The molecule has 1 fully saturated rings. The van der Waals surface area contributed by atoms with Crippen LogP contribution in [0.5, 0.6) is 0 Å². The Kier molecular flexibility index (Phi) is 8.95. The quantitative estimate of drug-likeness (QED) is 0.515. The van der Waals surface area contributed by atoms with Gasteiger partial charge in [0.2, 0.25) is 15.9 Å². The summed E-state index contributed by atoms with van der Waals surface area (Å²) in [6, 6.07) is 13.6. The van der Waals surface area contributed by atoms with Crippen molar-refractivity contribution in [3.8, 4) is 0 Å². The Morgan fingerprint density at radius 1 is 0.968 bits per heavy atom. The van der Waals surface area contributed by atoms with E-state index < -0.39 is 10.0 Å². The van der Waals surface area contributed by atoms with Gasteiger partial charge in [-0.1, -0.05) is 71.8 Å². The fourth-order valence-corrected chi connectivity index (χ4v) is 5.58. The van der Waals surface area contributed by atoms with Gasteiger partial charge in [0.05, 0.1) is 11.4 Å². The number of nitrogens with one attached hydrogen (secondary N) is 1. The molecule has 2 aromatic rings. The molecule has 1 aliphatic carbocycles. The average Bonchev–Trinajstić information content (AvgIpc) is 2.71. The van der Waals surface area contributed by atoms with Gasteiger partial charge in [0, 0.05) is 22.1 Å². The minimum Gasteiger partial charge on any atom is -0.352 e. The van der Waals surface area contributed by atoms with Crippen molar-refractivity contribution < 1.29 is 13.2 Å². The standard InChI is InChI=1S/C23H28BrClN2O3S/c24-19-10-14-22(15-11-19)31(29,30)27(16-18-8-12-20(25)13-9-18)17-23(28)26-21-6-4-2-1-3-5-7-21/h8-15,21H,1-7,16-17H2,(H,26,28). The van der Waals surface area contributed by atoms with Crippen LogP contribution in [0.1, 0.15) is 50.5 Å². The van der Waals surface area contributed by atoms with Crippen molar-refractivity contribution in [3.63, 3.8) is 0 Å². The Hall–Kier alpha value is -1.41. The largest absolute Gasteiger partial charge is 0.352 e. The van der Waals surface area contributed by atoms with Gasteiger partial charge in [0.15, 0.2) is 0 Å². The van der Waals surface area contributed by atoms with E-state index in [9.17, 15) is 13.2 Å². The average molecular weight is 528 g/mol. The number of sulfonamides is 1. The van der Waals surface area contributed by atoms with Crippen molar-refractivity contribution in [1.82, 2.24) is 9.62 Å². The summed E-state index contributed by atoms with van der Waals surface area (Å²) in [5, 5.41) is 3.65. The predicted octanol–water partition coefficient (Wildman–Crippen LogP) is 5.52. The lowest BCUT2D eigenvalue weighted by Crippen LogP contribution is -2.44. The predicted molar refractivity (Wildman–Crippen MR) is 127 cm³/mol. The molecule has 0 saturated heterocycles. The van der Waals surface area contributed by atoms with Crippen LogP contribution in [0.3, 0.4) is 0 Å². The van der Waals surface area contributed by atoms with Crippen LogP contribution in [0.25, 0.3) is 0 Å². The van der Waals surface area contributed by atoms with Crippen LogP contribution >= 0.6 is 27.5 Å². The maximum Gasteiger partial charge on any atom is 0.243 e. The van der Waals surface area contributed by atoms with Crippen LogP contribution in [-0.2, 0) is 21.4 Å². The van der Waals surface area contributed by atoms with E-state index in [-0.39, 0.29) is 29.9 Å². The van der Waals surface area contributed by atoms with Crippen LogP contribution in [0.4, 0.5) is 0 Å². The first kappa shape index (κ1) is 24.2. The second kappa shape index (κ2) is 11.5. The molecule has 8 heteroatoms. The smallest absolute Gasteiger partial charge is 0.243 e. The van der Waals surface area contributed by atoms with Crippen LogP contribution in [0.2, 0.25) is 5.02 Å².